The van der Waals surface area contributed by atoms with Gasteiger partial charge in [0.1, 0.15) is 11.6 Å². The van der Waals surface area contributed by atoms with Crippen molar-refractivity contribution in [1.82, 2.24) is 15.0 Å². The number of hydrogen-bond donors (Lipinski definition) is 0. The van der Waals surface area contributed by atoms with Crippen molar-refractivity contribution in [3.63, 3.8) is 0 Å². The van der Waals surface area contributed by atoms with Crippen LogP contribution in [0.4, 0.5) is 35.1 Å². The van der Waals surface area contributed by atoms with Crippen molar-refractivity contribution >= 4 is 28.9 Å². The van der Waals surface area contributed by atoms with Gasteiger partial charge in [-0.3, -0.25) is 0 Å². The van der Waals surface area contributed by atoms with E-state index in [0.29, 0.717) is 48.4 Å². The average molecular weight is 479 g/mol. The smallest absolute Gasteiger partial charge is 0.352 e. The van der Waals surface area contributed by atoms with Crippen LogP contribution in [0.25, 0.3) is 11.3 Å². The zero-order valence-corrected chi connectivity index (χ0v) is 18.7. The van der Waals surface area contributed by atoms with Crippen LogP contribution in [0.5, 0.6) is 0 Å². The molecule has 0 N–H and O–H groups in total. The Morgan fingerprint density at radius 2 is 1.76 bits per heavy atom. The molecule has 6 nitrogen and oxygen atoms in total. The minimum atomic E-state index is -4.42. The first-order valence-corrected chi connectivity index (χ1v) is 11.6. The lowest BCUT2D eigenvalue weighted by Crippen LogP contribution is -2.53. The summed E-state index contributed by atoms with van der Waals surface area (Å²) in [6.07, 6.45) is -3.34. The summed E-state index contributed by atoms with van der Waals surface area (Å²) in [5, 5.41) is 0. The summed E-state index contributed by atoms with van der Waals surface area (Å²) in [4.78, 5) is 18.7. The van der Waals surface area contributed by atoms with Gasteiger partial charge in [-0.15, -0.1) is 11.3 Å². The Kier molecular flexibility index (Phi) is 5.59. The van der Waals surface area contributed by atoms with E-state index in [4.69, 9.17) is 9.97 Å². The number of rotatable bonds is 4. The summed E-state index contributed by atoms with van der Waals surface area (Å²) < 4.78 is 53.5. The van der Waals surface area contributed by atoms with Crippen LogP contribution < -0.4 is 14.7 Å². The Morgan fingerprint density at radius 3 is 2.39 bits per heavy atom. The number of halogens is 4. The molecule has 0 saturated carbocycles. The van der Waals surface area contributed by atoms with Gasteiger partial charge >= 0.3 is 6.18 Å². The Labute approximate surface area is 192 Å². The van der Waals surface area contributed by atoms with Crippen LogP contribution >= 0.6 is 11.3 Å². The van der Waals surface area contributed by atoms with Gasteiger partial charge in [-0.1, -0.05) is 0 Å². The third-order valence-corrected chi connectivity index (χ3v) is 6.87. The van der Waals surface area contributed by atoms with Crippen molar-refractivity contribution in [2.75, 3.05) is 47.4 Å². The molecule has 1 aromatic carbocycles. The van der Waals surface area contributed by atoms with Crippen LogP contribution in [-0.4, -0.2) is 53.7 Å². The molecule has 0 amide bonds. The second-order valence-electron chi connectivity index (χ2n) is 8.25. The molecule has 2 saturated heterocycles. The van der Waals surface area contributed by atoms with Gasteiger partial charge < -0.3 is 14.7 Å². The fraction of sp³-hybridized carbons (Fsp3) is 0.409. The largest absolute Gasteiger partial charge is 0.429 e. The van der Waals surface area contributed by atoms with Crippen molar-refractivity contribution < 1.29 is 17.6 Å². The van der Waals surface area contributed by atoms with E-state index in [1.54, 1.807) is 17.0 Å². The Morgan fingerprint density at radius 1 is 1.00 bits per heavy atom. The van der Waals surface area contributed by atoms with Crippen LogP contribution in [0.2, 0.25) is 0 Å². The Hall–Kier alpha value is -2.95. The molecule has 174 valence electrons. The lowest BCUT2D eigenvalue weighted by Gasteiger charge is -2.41. The van der Waals surface area contributed by atoms with Gasteiger partial charge in [0.25, 0.3) is 0 Å². The molecule has 11 heteroatoms. The molecule has 33 heavy (non-hydrogen) atoms. The first-order chi connectivity index (χ1) is 15.8. The number of nitrogens with zero attached hydrogens (tertiary/aromatic N) is 6. The van der Waals surface area contributed by atoms with E-state index in [0.717, 1.165) is 25.1 Å². The van der Waals surface area contributed by atoms with Gasteiger partial charge in [-0.2, -0.15) is 18.2 Å². The van der Waals surface area contributed by atoms with Gasteiger partial charge in [0, 0.05) is 50.4 Å². The second-order valence-corrected chi connectivity index (χ2v) is 9.10. The first kappa shape index (κ1) is 21.9. The summed E-state index contributed by atoms with van der Waals surface area (Å²) in [7, 11) is 0. The van der Waals surface area contributed by atoms with Crippen LogP contribution in [-0.2, 0) is 6.18 Å². The number of aromatic nitrogens is 3. The number of hydrogen-bond acceptors (Lipinski definition) is 7. The normalized spacial score (nSPS) is 19.1. The van der Waals surface area contributed by atoms with Gasteiger partial charge in [0.05, 0.1) is 11.2 Å². The molecule has 2 aromatic heterocycles. The summed E-state index contributed by atoms with van der Waals surface area (Å²) in [5.74, 6) is 1.01. The van der Waals surface area contributed by atoms with Gasteiger partial charge in [-0.25, -0.2) is 14.4 Å². The number of thiazole rings is 1. The lowest BCUT2D eigenvalue weighted by atomic mass is 10.1. The molecule has 1 unspecified atom stereocenters. The van der Waals surface area contributed by atoms with Crippen LogP contribution in [0.1, 0.15) is 18.2 Å². The molecule has 4 heterocycles. The average Bonchev–Trinajstić information content (AvgIpc) is 3.23. The highest BCUT2D eigenvalue weighted by atomic mass is 32.1. The molecule has 0 radical (unpaired) electrons. The van der Waals surface area contributed by atoms with E-state index in [9.17, 15) is 17.6 Å². The summed E-state index contributed by atoms with van der Waals surface area (Å²) in [6, 6.07) is 7.93. The molecule has 5 rings (SSSR count). The molecular formula is C22H22F4N6S. The fourth-order valence-corrected chi connectivity index (χ4v) is 4.82. The highest BCUT2D eigenvalue weighted by Crippen LogP contribution is 2.40. The molecular weight excluding hydrogens is 456 g/mol. The first-order valence-electron chi connectivity index (χ1n) is 10.7. The van der Waals surface area contributed by atoms with Gasteiger partial charge in [0.15, 0.2) is 10.7 Å². The molecule has 2 fully saturated rings. The van der Waals surface area contributed by atoms with Gasteiger partial charge in [0.2, 0.25) is 5.95 Å². The molecule has 2 aliphatic heterocycles. The molecule has 0 spiro atoms. The number of piperazine rings is 1. The highest BCUT2D eigenvalue weighted by Gasteiger charge is 2.39. The van der Waals surface area contributed by atoms with E-state index in [1.165, 1.54) is 17.6 Å². The molecule has 0 aliphatic carbocycles. The maximum Gasteiger partial charge on any atom is 0.429 e. The van der Waals surface area contributed by atoms with Crippen molar-refractivity contribution in [3.05, 3.63) is 46.5 Å². The minimum Gasteiger partial charge on any atom is -0.352 e. The summed E-state index contributed by atoms with van der Waals surface area (Å²) >= 11 is 0.619. The zero-order valence-electron chi connectivity index (χ0n) is 17.9. The third-order valence-electron chi connectivity index (χ3n) is 6.01. The fourth-order valence-electron chi connectivity index (χ4n) is 4.14. The molecule has 2 aliphatic rings. The maximum atomic E-state index is 13.4. The van der Waals surface area contributed by atoms with Crippen molar-refractivity contribution in [2.45, 2.75) is 25.6 Å². The number of alkyl halides is 3. The van der Waals surface area contributed by atoms with Gasteiger partial charge in [-0.05, 0) is 37.6 Å². The summed E-state index contributed by atoms with van der Waals surface area (Å²) in [6.45, 7) is 5.00. The maximum absolute atomic E-state index is 13.4. The predicted molar refractivity (Wildman–Crippen MR) is 120 cm³/mol. The van der Waals surface area contributed by atoms with Crippen LogP contribution in [0.3, 0.4) is 0 Å². The van der Waals surface area contributed by atoms with E-state index >= 15 is 0 Å². The number of benzene rings is 1. The standard InChI is InChI=1S/C22H22F4N6S/c1-14-12-31(20-19(22(24,25)26)33-13-27-20)9-10-32(14)18-11-17(15-3-5-16(23)6-4-15)28-21(29-18)30-7-2-8-30/h3-6,11,13-14H,2,7-10,12H2,1H3. The van der Waals surface area contributed by atoms with Crippen molar-refractivity contribution in [3.8, 4) is 11.3 Å². The van der Waals surface area contributed by atoms with E-state index in [2.05, 4.69) is 14.8 Å². The Balaban J connectivity index is 1.43. The minimum absolute atomic E-state index is 0.00467. The predicted octanol–water partition coefficient (Wildman–Crippen LogP) is 4.68. The highest BCUT2D eigenvalue weighted by molar-refractivity contribution is 7.10. The lowest BCUT2D eigenvalue weighted by molar-refractivity contribution is -0.134. The SMILES string of the molecule is CC1CN(c2ncsc2C(F)(F)F)CCN1c1cc(-c2ccc(F)cc2)nc(N2CCC2)n1. The Bertz CT molecular complexity index is 1130. The number of anilines is 3. The third kappa shape index (κ3) is 4.33. The molecule has 3 aromatic rings. The van der Waals surface area contributed by atoms with E-state index < -0.39 is 11.1 Å². The molecule has 0 bridgehead atoms. The topological polar surface area (TPSA) is 48.4 Å². The summed E-state index contributed by atoms with van der Waals surface area (Å²) in [5.41, 5.74) is 2.72. The van der Waals surface area contributed by atoms with E-state index in [1.807, 2.05) is 13.0 Å². The molecule has 1 atom stereocenters. The van der Waals surface area contributed by atoms with Crippen molar-refractivity contribution in [1.29, 1.82) is 0 Å². The quantitative estimate of drug-likeness (QED) is 0.508. The van der Waals surface area contributed by atoms with Crippen LogP contribution in [0, 0.1) is 5.82 Å². The second kappa shape index (κ2) is 8.44. The van der Waals surface area contributed by atoms with E-state index in [-0.39, 0.29) is 17.7 Å². The zero-order chi connectivity index (χ0) is 23.2. The monoisotopic (exact) mass is 478 g/mol. The van der Waals surface area contributed by atoms with Crippen molar-refractivity contribution in [2.24, 2.45) is 0 Å². The van der Waals surface area contributed by atoms with Crippen LogP contribution in [0.15, 0.2) is 35.8 Å².